The van der Waals surface area contributed by atoms with Gasteiger partial charge < -0.3 is 10.0 Å². The number of hydrogen-bond acceptors (Lipinski definition) is 3. The van der Waals surface area contributed by atoms with E-state index in [1.807, 2.05) is 0 Å². The quantitative estimate of drug-likeness (QED) is 0.733. The zero-order chi connectivity index (χ0) is 11.0. The standard InChI is InChI=1S/C12H24N2O/c1-9-7-14(8-11(9)13(2)3)10-5-4-6-12(10)15/h9-12,15H,4-8H2,1-3H3. The van der Waals surface area contributed by atoms with Gasteiger partial charge in [0.05, 0.1) is 6.10 Å². The van der Waals surface area contributed by atoms with Crippen LogP contribution in [-0.4, -0.2) is 60.3 Å². The first-order valence-corrected chi connectivity index (χ1v) is 6.18. The van der Waals surface area contributed by atoms with E-state index in [1.165, 1.54) is 12.8 Å². The van der Waals surface area contributed by atoms with Crippen molar-refractivity contribution in [1.82, 2.24) is 9.80 Å². The van der Waals surface area contributed by atoms with Crippen LogP contribution in [0, 0.1) is 5.92 Å². The van der Waals surface area contributed by atoms with Crippen molar-refractivity contribution >= 4 is 0 Å². The highest BCUT2D eigenvalue weighted by atomic mass is 16.3. The van der Waals surface area contributed by atoms with Crippen molar-refractivity contribution in [2.75, 3.05) is 27.2 Å². The number of likely N-dealkylation sites (tertiary alicyclic amines) is 1. The van der Waals surface area contributed by atoms with Gasteiger partial charge in [0, 0.05) is 25.2 Å². The van der Waals surface area contributed by atoms with Crippen LogP contribution in [0.1, 0.15) is 26.2 Å². The van der Waals surface area contributed by atoms with Gasteiger partial charge >= 0.3 is 0 Å². The second kappa shape index (κ2) is 4.40. The van der Waals surface area contributed by atoms with Gasteiger partial charge in [-0.2, -0.15) is 0 Å². The summed E-state index contributed by atoms with van der Waals surface area (Å²) in [5.41, 5.74) is 0. The molecule has 1 N–H and O–H groups in total. The van der Waals surface area contributed by atoms with Crippen LogP contribution in [0.15, 0.2) is 0 Å². The predicted octanol–water partition coefficient (Wildman–Crippen LogP) is 0.782. The summed E-state index contributed by atoms with van der Waals surface area (Å²) in [6.07, 6.45) is 3.32. The molecule has 1 heterocycles. The van der Waals surface area contributed by atoms with Crippen LogP contribution < -0.4 is 0 Å². The van der Waals surface area contributed by atoms with Gasteiger partial charge in [0.15, 0.2) is 0 Å². The second-order valence-corrected chi connectivity index (χ2v) is 5.53. The molecular formula is C12H24N2O. The summed E-state index contributed by atoms with van der Waals surface area (Å²) < 4.78 is 0. The minimum atomic E-state index is -0.0712. The van der Waals surface area contributed by atoms with E-state index < -0.39 is 0 Å². The topological polar surface area (TPSA) is 26.7 Å². The van der Waals surface area contributed by atoms with Crippen LogP contribution in [0.3, 0.4) is 0 Å². The van der Waals surface area contributed by atoms with Gasteiger partial charge in [-0.1, -0.05) is 6.92 Å². The molecule has 1 saturated carbocycles. The number of rotatable bonds is 2. The maximum atomic E-state index is 9.91. The summed E-state index contributed by atoms with van der Waals surface area (Å²) in [6.45, 7) is 4.62. The third-order valence-electron chi connectivity index (χ3n) is 4.18. The first-order chi connectivity index (χ1) is 7.09. The highest BCUT2D eigenvalue weighted by Gasteiger charge is 2.38. The minimum Gasteiger partial charge on any atom is -0.391 e. The molecule has 2 aliphatic rings. The zero-order valence-electron chi connectivity index (χ0n) is 10.2. The second-order valence-electron chi connectivity index (χ2n) is 5.53. The number of aliphatic hydroxyl groups is 1. The Bertz CT molecular complexity index is 220. The van der Waals surface area contributed by atoms with Crippen molar-refractivity contribution in [3.63, 3.8) is 0 Å². The van der Waals surface area contributed by atoms with Crippen molar-refractivity contribution in [2.45, 2.75) is 44.4 Å². The zero-order valence-corrected chi connectivity index (χ0v) is 10.2. The number of likely N-dealkylation sites (N-methyl/N-ethyl adjacent to an activating group) is 1. The largest absolute Gasteiger partial charge is 0.391 e. The van der Waals surface area contributed by atoms with Crippen LogP contribution >= 0.6 is 0 Å². The molecular weight excluding hydrogens is 188 g/mol. The molecule has 0 spiro atoms. The number of aliphatic hydroxyl groups excluding tert-OH is 1. The number of hydrogen-bond donors (Lipinski definition) is 1. The fourth-order valence-electron chi connectivity index (χ4n) is 3.28. The molecule has 3 nitrogen and oxygen atoms in total. The molecule has 0 aromatic rings. The van der Waals surface area contributed by atoms with E-state index in [0.29, 0.717) is 12.1 Å². The average Bonchev–Trinajstić information content (AvgIpc) is 2.71. The molecule has 1 aliphatic heterocycles. The smallest absolute Gasteiger partial charge is 0.0695 e. The average molecular weight is 212 g/mol. The molecule has 4 atom stereocenters. The van der Waals surface area contributed by atoms with E-state index in [1.54, 1.807) is 0 Å². The van der Waals surface area contributed by atoms with E-state index in [2.05, 4.69) is 30.8 Å². The first kappa shape index (κ1) is 11.4. The van der Waals surface area contributed by atoms with Crippen LogP contribution in [0.4, 0.5) is 0 Å². The molecule has 15 heavy (non-hydrogen) atoms. The van der Waals surface area contributed by atoms with Crippen molar-refractivity contribution in [3.05, 3.63) is 0 Å². The Morgan fingerprint density at radius 2 is 1.93 bits per heavy atom. The summed E-state index contributed by atoms with van der Waals surface area (Å²) in [5, 5.41) is 9.91. The SMILES string of the molecule is CC1CN(C2CCCC2O)CC1N(C)C. The molecule has 0 amide bonds. The highest BCUT2D eigenvalue weighted by Crippen LogP contribution is 2.30. The fraction of sp³-hybridized carbons (Fsp3) is 1.00. The normalized spacial score (nSPS) is 43.0. The fourth-order valence-corrected chi connectivity index (χ4v) is 3.28. The van der Waals surface area contributed by atoms with Gasteiger partial charge in [-0.3, -0.25) is 4.90 Å². The van der Waals surface area contributed by atoms with Gasteiger partial charge in [0.25, 0.3) is 0 Å². The Labute approximate surface area is 93.1 Å². The van der Waals surface area contributed by atoms with Crippen LogP contribution in [-0.2, 0) is 0 Å². The lowest BCUT2D eigenvalue weighted by atomic mass is 10.1. The third kappa shape index (κ3) is 2.19. The van der Waals surface area contributed by atoms with Crippen LogP contribution in [0.5, 0.6) is 0 Å². The van der Waals surface area contributed by atoms with E-state index in [-0.39, 0.29) is 6.10 Å². The minimum absolute atomic E-state index is 0.0712. The molecule has 2 fully saturated rings. The Kier molecular flexibility index (Phi) is 3.33. The molecule has 1 aliphatic carbocycles. The predicted molar refractivity (Wildman–Crippen MR) is 61.9 cm³/mol. The molecule has 3 heteroatoms. The number of nitrogens with zero attached hydrogens (tertiary/aromatic N) is 2. The molecule has 2 rings (SSSR count). The molecule has 1 saturated heterocycles. The van der Waals surface area contributed by atoms with Gasteiger partial charge in [0.2, 0.25) is 0 Å². The van der Waals surface area contributed by atoms with Gasteiger partial charge in [-0.15, -0.1) is 0 Å². The monoisotopic (exact) mass is 212 g/mol. The van der Waals surface area contributed by atoms with E-state index >= 15 is 0 Å². The Morgan fingerprint density at radius 3 is 2.40 bits per heavy atom. The van der Waals surface area contributed by atoms with Crippen LogP contribution in [0.25, 0.3) is 0 Å². The molecule has 0 bridgehead atoms. The molecule has 0 aromatic carbocycles. The maximum absolute atomic E-state index is 9.91. The van der Waals surface area contributed by atoms with Gasteiger partial charge in [0.1, 0.15) is 0 Å². The van der Waals surface area contributed by atoms with E-state index in [0.717, 1.165) is 25.4 Å². The summed E-state index contributed by atoms with van der Waals surface area (Å²) in [6, 6.07) is 1.11. The van der Waals surface area contributed by atoms with Crippen molar-refractivity contribution in [3.8, 4) is 0 Å². The van der Waals surface area contributed by atoms with Gasteiger partial charge in [-0.25, -0.2) is 0 Å². The lowest BCUT2D eigenvalue weighted by molar-refractivity contribution is 0.0807. The molecule has 4 unspecified atom stereocenters. The van der Waals surface area contributed by atoms with E-state index in [9.17, 15) is 5.11 Å². The summed E-state index contributed by atoms with van der Waals surface area (Å²) in [4.78, 5) is 4.83. The maximum Gasteiger partial charge on any atom is 0.0695 e. The lowest BCUT2D eigenvalue weighted by Crippen LogP contribution is -2.41. The molecule has 88 valence electrons. The van der Waals surface area contributed by atoms with Crippen molar-refractivity contribution < 1.29 is 5.11 Å². The molecule has 0 aromatic heterocycles. The first-order valence-electron chi connectivity index (χ1n) is 6.18. The van der Waals surface area contributed by atoms with E-state index in [4.69, 9.17) is 0 Å². The summed E-state index contributed by atoms with van der Waals surface area (Å²) >= 11 is 0. The van der Waals surface area contributed by atoms with Gasteiger partial charge in [-0.05, 0) is 39.3 Å². The third-order valence-corrected chi connectivity index (χ3v) is 4.18. The summed E-state index contributed by atoms with van der Waals surface area (Å²) in [5.74, 6) is 0.729. The molecule has 0 radical (unpaired) electrons. The van der Waals surface area contributed by atoms with Crippen molar-refractivity contribution in [2.24, 2.45) is 5.92 Å². The lowest BCUT2D eigenvalue weighted by Gasteiger charge is -2.27. The highest BCUT2D eigenvalue weighted by molar-refractivity contribution is 4.94. The van der Waals surface area contributed by atoms with Crippen LogP contribution in [0.2, 0.25) is 0 Å². The Morgan fingerprint density at radius 1 is 1.20 bits per heavy atom. The summed E-state index contributed by atoms with van der Waals surface area (Å²) in [7, 11) is 4.32. The Balaban J connectivity index is 1.96. The Hall–Kier alpha value is -0.120. The van der Waals surface area contributed by atoms with Crippen molar-refractivity contribution in [1.29, 1.82) is 0 Å².